The fourth-order valence-electron chi connectivity index (χ4n) is 2.82. The molecule has 0 fully saturated rings. The maximum Gasteiger partial charge on any atom is 0.269 e. The molecule has 3 aromatic carbocycles. The molecule has 0 saturated heterocycles. The van der Waals surface area contributed by atoms with Crippen molar-refractivity contribution in [1.82, 2.24) is 0 Å². The van der Waals surface area contributed by atoms with E-state index in [9.17, 15) is 20.6 Å². The van der Waals surface area contributed by atoms with Crippen LogP contribution in [0.4, 0.5) is 5.69 Å². The third-order valence-corrected chi connectivity index (χ3v) is 4.91. The molecule has 0 bridgehead atoms. The number of hydrogen-bond acceptors (Lipinski definition) is 5. The second-order valence-electron chi connectivity index (χ2n) is 6.35. The lowest BCUT2D eigenvalue weighted by Crippen LogP contribution is -1.99. The quantitative estimate of drug-likeness (QED) is 0.187. The van der Waals surface area contributed by atoms with Gasteiger partial charge in [0.1, 0.15) is 6.61 Å². The summed E-state index contributed by atoms with van der Waals surface area (Å²) in [6.07, 6.45) is 1.58. The van der Waals surface area contributed by atoms with Gasteiger partial charge in [-0.25, -0.2) is 0 Å². The maximum absolute atomic E-state index is 10.8. The first-order valence-electron chi connectivity index (χ1n) is 8.89. The smallest absolute Gasteiger partial charge is 0.269 e. The van der Waals surface area contributed by atoms with E-state index in [1.54, 1.807) is 42.5 Å². The summed E-state index contributed by atoms with van der Waals surface area (Å²) in [6.45, 7) is 0.116. The summed E-state index contributed by atoms with van der Waals surface area (Å²) in [5.74, 6) is 0.266. The van der Waals surface area contributed by atoms with E-state index in [-0.39, 0.29) is 28.1 Å². The summed E-state index contributed by atoms with van der Waals surface area (Å²) in [5.41, 5.74) is 2.51. The van der Waals surface area contributed by atoms with Gasteiger partial charge in [0, 0.05) is 17.7 Å². The van der Waals surface area contributed by atoms with Crippen molar-refractivity contribution in [2.24, 2.45) is 0 Å². The van der Waals surface area contributed by atoms with Crippen LogP contribution in [0.25, 0.3) is 11.6 Å². The predicted molar refractivity (Wildman–Crippen MR) is 119 cm³/mol. The van der Waals surface area contributed by atoms with Crippen LogP contribution in [-0.2, 0) is 6.61 Å². The van der Waals surface area contributed by atoms with Crippen LogP contribution in [0, 0.1) is 32.8 Å². The zero-order valence-corrected chi connectivity index (χ0v) is 17.4. The Morgan fingerprint density at radius 2 is 1.71 bits per heavy atom. The van der Waals surface area contributed by atoms with Crippen LogP contribution in [0.5, 0.6) is 5.75 Å². The average molecular weight is 450 g/mol. The van der Waals surface area contributed by atoms with E-state index in [2.05, 4.69) is 12.1 Å². The zero-order valence-electron chi connectivity index (χ0n) is 15.9. The van der Waals surface area contributed by atoms with Crippen LogP contribution >= 0.6 is 23.2 Å². The first-order chi connectivity index (χ1) is 14.9. The molecule has 0 spiro atoms. The highest BCUT2D eigenvalue weighted by molar-refractivity contribution is 6.37. The van der Waals surface area contributed by atoms with E-state index in [1.807, 2.05) is 0 Å². The van der Waals surface area contributed by atoms with E-state index in [4.69, 9.17) is 27.9 Å². The summed E-state index contributed by atoms with van der Waals surface area (Å²) < 4.78 is 5.74. The zero-order chi connectivity index (χ0) is 22.4. The van der Waals surface area contributed by atoms with Gasteiger partial charge in [-0.05, 0) is 47.5 Å². The first-order valence-corrected chi connectivity index (χ1v) is 9.65. The normalized spacial score (nSPS) is 10.8. The number of nitro groups is 1. The van der Waals surface area contributed by atoms with Gasteiger partial charge in [-0.2, -0.15) is 10.5 Å². The Morgan fingerprint density at radius 3 is 2.29 bits per heavy atom. The van der Waals surface area contributed by atoms with Gasteiger partial charge in [-0.1, -0.05) is 41.4 Å². The largest absolute Gasteiger partial charge is 0.486 e. The first kappa shape index (κ1) is 21.9. The van der Waals surface area contributed by atoms with Crippen molar-refractivity contribution in [3.63, 3.8) is 0 Å². The lowest BCUT2D eigenvalue weighted by Gasteiger charge is -2.12. The molecule has 0 aliphatic carbocycles. The number of allylic oxidation sites excluding steroid dienone is 1. The monoisotopic (exact) mass is 449 g/mol. The Balaban J connectivity index is 1.86. The minimum absolute atomic E-state index is 0.0633. The Hall–Kier alpha value is -3.84. The molecule has 0 aliphatic heterocycles. The van der Waals surface area contributed by atoms with Crippen LogP contribution in [0.3, 0.4) is 0 Å². The molecule has 8 heteroatoms. The van der Waals surface area contributed by atoms with Gasteiger partial charge in [0.15, 0.2) is 5.75 Å². The van der Waals surface area contributed by atoms with Gasteiger partial charge in [0.05, 0.1) is 38.2 Å². The number of non-ortho nitro benzene ring substituents is 1. The highest BCUT2D eigenvalue weighted by atomic mass is 35.5. The van der Waals surface area contributed by atoms with E-state index >= 15 is 0 Å². The minimum atomic E-state index is -0.507. The number of ether oxygens (including phenoxy) is 1. The van der Waals surface area contributed by atoms with Crippen molar-refractivity contribution in [2.45, 2.75) is 6.61 Å². The number of nitriles is 2. The second kappa shape index (κ2) is 9.77. The lowest BCUT2D eigenvalue weighted by atomic mass is 10.0. The molecule has 0 atom stereocenters. The Bertz CT molecular complexity index is 1230. The molecule has 152 valence electrons. The van der Waals surface area contributed by atoms with Crippen molar-refractivity contribution in [2.75, 3.05) is 0 Å². The van der Waals surface area contributed by atoms with Crippen LogP contribution in [-0.4, -0.2) is 4.92 Å². The second-order valence-corrected chi connectivity index (χ2v) is 7.16. The number of benzene rings is 3. The standard InChI is InChI=1S/C23H13Cl2N3O3/c24-21-10-15(9-19(13-27)16-5-7-20(8-6-16)28(29)30)11-22(25)23(21)31-14-18-4-2-1-3-17(18)12-26/h1-11H,14H2/b19-9-. The van der Waals surface area contributed by atoms with Crippen molar-refractivity contribution in [3.8, 4) is 17.9 Å². The van der Waals surface area contributed by atoms with E-state index in [0.717, 1.165) is 0 Å². The van der Waals surface area contributed by atoms with Gasteiger partial charge in [-0.15, -0.1) is 0 Å². The SMILES string of the molecule is N#C/C(=C/c1cc(Cl)c(OCc2ccccc2C#N)c(Cl)c1)c1ccc([N+](=O)[O-])cc1. The van der Waals surface area contributed by atoms with Gasteiger partial charge >= 0.3 is 0 Å². The third kappa shape index (κ3) is 5.21. The number of rotatable bonds is 6. The van der Waals surface area contributed by atoms with Gasteiger partial charge in [0.2, 0.25) is 0 Å². The molecule has 0 heterocycles. The molecule has 0 aromatic heterocycles. The number of halogens is 2. The van der Waals surface area contributed by atoms with E-state index < -0.39 is 4.92 Å². The lowest BCUT2D eigenvalue weighted by molar-refractivity contribution is -0.384. The highest BCUT2D eigenvalue weighted by Gasteiger charge is 2.12. The molecule has 31 heavy (non-hydrogen) atoms. The molecule has 6 nitrogen and oxygen atoms in total. The summed E-state index contributed by atoms with van der Waals surface area (Å²) in [5, 5.41) is 30.0. The molecule has 0 aliphatic rings. The molecule has 0 amide bonds. The molecule has 0 saturated carbocycles. The van der Waals surface area contributed by atoms with Crippen LogP contribution in [0.2, 0.25) is 10.0 Å². The van der Waals surface area contributed by atoms with Gasteiger partial charge < -0.3 is 4.74 Å². The van der Waals surface area contributed by atoms with Crippen molar-refractivity contribution in [3.05, 3.63) is 103 Å². The molecule has 3 rings (SSSR count). The highest BCUT2D eigenvalue weighted by Crippen LogP contribution is 2.36. The summed E-state index contributed by atoms with van der Waals surface area (Å²) in [7, 11) is 0. The molecular weight excluding hydrogens is 437 g/mol. The average Bonchev–Trinajstić information content (AvgIpc) is 2.77. The van der Waals surface area contributed by atoms with Crippen molar-refractivity contribution in [1.29, 1.82) is 10.5 Å². The van der Waals surface area contributed by atoms with E-state index in [0.29, 0.717) is 27.8 Å². The molecular formula is C23H13Cl2N3O3. The van der Waals surface area contributed by atoms with Crippen molar-refractivity contribution >= 4 is 40.5 Å². The Morgan fingerprint density at radius 1 is 1.06 bits per heavy atom. The Kier molecular flexibility index (Phi) is 6.89. The van der Waals surface area contributed by atoms with Gasteiger partial charge in [0.25, 0.3) is 5.69 Å². The predicted octanol–water partition coefficient (Wildman–Crippen LogP) is 6.42. The van der Waals surface area contributed by atoms with Crippen LogP contribution in [0.1, 0.15) is 22.3 Å². The molecule has 0 unspecified atom stereocenters. The van der Waals surface area contributed by atoms with Gasteiger partial charge in [-0.3, -0.25) is 10.1 Å². The van der Waals surface area contributed by atoms with Crippen LogP contribution < -0.4 is 4.74 Å². The topological polar surface area (TPSA) is 99.9 Å². The summed E-state index contributed by atoms with van der Waals surface area (Å²) in [4.78, 5) is 10.3. The summed E-state index contributed by atoms with van der Waals surface area (Å²) in [6, 6.07) is 20.1. The Labute approximate surface area is 188 Å². The maximum atomic E-state index is 10.8. The number of nitrogens with zero attached hydrogens (tertiary/aromatic N) is 3. The summed E-state index contributed by atoms with van der Waals surface area (Å²) >= 11 is 12.7. The number of hydrogen-bond donors (Lipinski definition) is 0. The number of nitro benzene ring substituents is 1. The minimum Gasteiger partial charge on any atom is -0.486 e. The third-order valence-electron chi connectivity index (χ3n) is 4.35. The fraction of sp³-hybridized carbons (Fsp3) is 0.0435. The fourth-order valence-corrected chi connectivity index (χ4v) is 3.43. The van der Waals surface area contributed by atoms with Crippen molar-refractivity contribution < 1.29 is 9.66 Å². The van der Waals surface area contributed by atoms with Crippen LogP contribution in [0.15, 0.2) is 60.7 Å². The molecule has 0 N–H and O–H groups in total. The van der Waals surface area contributed by atoms with E-state index in [1.165, 1.54) is 24.3 Å². The molecule has 3 aromatic rings. The molecule has 0 radical (unpaired) electrons.